The molecular formula is C15H12N2O2S3. The SMILES string of the molecule is O=C1/C(=C/c2cnc(CO)s2)SC(=S)N1Cc1ccccc1. The highest BCUT2D eigenvalue weighted by Gasteiger charge is 2.32. The maximum absolute atomic E-state index is 12.5. The highest BCUT2D eigenvalue weighted by atomic mass is 32.2. The van der Waals surface area contributed by atoms with E-state index >= 15 is 0 Å². The van der Waals surface area contributed by atoms with Gasteiger partial charge in [-0.3, -0.25) is 9.69 Å². The number of thiazole rings is 1. The van der Waals surface area contributed by atoms with Gasteiger partial charge in [0, 0.05) is 11.1 Å². The highest BCUT2D eigenvalue weighted by Crippen LogP contribution is 2.34. The number of hydrogen-bond donors (Lipinski definition) is 1. The maximum atomic E-state index is 12.5. The molecule has 1 amide bonds. The quantitative estimate of drug-likeness (QED) is 0.680. The Balaban J connectivity index is 1.79. The predicted molar refractivity (Wildman–Crippen MR) is 93.2 cm³/mol. The largest absolute Gasteiger partial charge is 0.389 e. The van der Waals surface area contributed by atoms with Crippen LogP contribution in [0.4, 0.5) is 0 Å². The molecular weight excluding hydrogens is 336 g/mol. The zero-order valence-corrected chi connectivity index (χ0v) is 13.9. The lowest BCUT2D eigenvalue weighted by molar-refractivity contribution is -0.122. The van der Waals surface area contributed by atoms with Crippen LogP contribution >= 0.6 is 35.3 Å². The number of hydrogen-bond acceptors (Lipinski definition) is 6. The zero-order valence-electron chi connectivity index (χ0n) is 11.4. The summed E-state index contributed by atoms with van der Waals surface area (Å²) in [5.41, 5.74) is 1.04. The first kappa shape index (κ1) is 15.4. The molecule has 0 atom stereocenters. The molecule has 1 fully saturated rings. The first-order valence-electron chi connectivity index (χ1n) is 6.52. The van der Waals surface area contributed by atoms with Crippen LogP contribution in [0.1, 0.15) is 15.4 Å². The van der Waals surface area contributed by atoms with Gasteiger partial charge in [0.15, 0.2) is 0 Å². The topological polar surface area (TPSA) is 53.4 Å². The number of amides is 1. The third-order valence-electron chi connectivity index (χ3n) is 3.04. The molecule has 1 aromatic heterocycles. The van der Waals surface area contributed by atoms with Gasteiger partial charge in [0.05, 0.1) is 18.1 Å². The van der Waals surface area contributed by atoms with Crippen molar-refractivity contribution in [3.8, 4) is 0 Å². The Hall–Kier alpha value is -1.54. The number of thiocarbonyl (C=S) groups is 1. The summed E-state index contributed by atoms with van der Waals surface area (Å²) in [6, 6.07) is 9.77. The second-order valence-corrected chi connectivity index (χ2v) is 7.39. The molecule has 2 heterocycles. The number of carbonyl (C=O) groups excluding carboxylic acids is 1. The molecule has 1 aromatic carbocycles. The van der Waals surface area contributed by atoms with Crippen molar-refractivity contribution in [3.05, 3.63) is 56.9 Å². The standard InChI is InChI=1S/C15H12N2O2S3/c18-9-13-16-7-11(21-13)6-12-14(19)17(15(20)22-12)8-10-4-2-1-3-5-10/h1-7,18H,8-9H2/b12-6-. The van der Waals surface area contributed by atoms with Gasteiger partial charge in [-0.25, -0.2) is 4.98 Å². The third kappa shape index (κ3) is 3.27. The first-order valence-corrected chi connectivity index (χ1v) is 8.56. The summed E-state index contributed by atoms with van der Waals surface area (Å²) in [5.74, 6) is -0.0854. The average Bonchev–Trinajstić information content (AvgIpc) is 3.09. The van der Waals surface area contributed by atoms with Crippen LogP contribution in [0.3, 0.4) is 0 Å². The number of nitrogens with zero attached hydrogens (tertiary/aromatic N) is 2. The molecule has 1 aliphatic rings. The van der Waals surface area contributed by atoms with E-state index in [-0.39, 0.29) is 12.5 Å². The van der Waals surface area contributed by atoms with Gasteiger partial charge in [-0.2, -0.15) is 0 Å². The Kier molecular flexibility index (Phi) is 4.68. The molecule has 7 heteroatoms. The Labute approximate surface area is 141 Å². The van der Waals surface area contributed by atoms with E-state index in [2.05, 4.69) is 4.98 Å². The first-order chi connectivity index (χ1) is 10.7. The fraction of sp³-hybridized carbons (Fsp3) is 0.133. The van der Waals surface area contributed by atoms with Crippen molar-refractivity contribution in [2.45, 2.75) is 13.2 Å². The fourth-order valence-corrected chi connectivity index (χ4v) is 4.04. The summed E-state index contributed by atoms with van der Waals surface area (Å²) < 4.78 is 0.562. The molecule has 4 nitrogen and oxygen atoms in total. The van der Waals surface area contributed by atoms with Crippen molar-refractivity contribution >= 4 is 51.6 Å². The van der Waals surface area contributed by atoms with Crippen LogP contribution in [0.25, 0.3) is 6.08 Å². The van der Waals surface area contributed by atoms with E-state index in [1.807, 2.05) is 30.3 Å². The second kappa shape index (κ2) is 6.70. The van der Waals surface area contributed by atoms with Gasteiger partial charge >= 0.3 is 0 Å². The molecule has 0 aliphatic carbocycles. The zero-order chi connectivity index (χ0) is 15.5. The average molecular weight is 348 g/mol. The Bertz CT molecular complexity index is 740. The number of aromatic nitrogens is 1. The van der Waals surface area contributed by atoms with E-state index in [0.717, 1.165) is 10.4 Å². The Morgan fingerprint density at radius 3 is 2.77 bits per heavy atom. The van der Waals surface area contributed by atoms with Crippen molar-refractivity contribution in [3.63, 3.8) is 0 Å². The van der Waals surface area contributed by atoms with Gasteiger partial charge in [0.2, 0.25) is 0 Å². The summed E-state index contributed by atoms with van der Waals surface area (Å²) in [7, 11) is 0. The second-order valence-electron chi connectivity index (χ2n) is 4.57. The van der Waals surface area contributed by atoms with Crippen LogP contribution in [-0.4, -0.2) is 25.2 Å². The molecule has 0 spiro atoms. The van der Waals surface area contributed by atoms with Crippen LogP contribution in [-0.2, 0) is 17.9 Å². The van der Waals surface area contributed by atoms with Crippen LogP contribution in [0.5, 0.6) is 0 Å². The van der Waals surface area contributed by atoms with Gasteiger partial charge in [-0.15, -0.1) is 11.3 Å². The summed E-state index contributed by atoms with van der Waals surface area (Å²) in [6.07, 6.45) is 3.43. The van der Waals surface area contributed by atoms with Gasteiger partial charge in [0.1, 0.15) is 9.33 Å². The molecule has 2 aromatic rings. The summed E-state index contributed by atoms with van der Waals surface area (Å²) in [5, 5.41) is 9.67. The van der Waals surface area contributed by atoms with Crippen molar-refractivity contribution < 1.29 is 9.90 Å². The molecule has 0 bridgehead atoms. The lowest BCUT2D eigenvalue weighted by atomic mass is 10.2. The summed E-state index contributed by atoms with van der Waals surface area (Å²) in [6.45, 7) is 0.390. The van der Waals surface area contributed by atoms with E-state index in [0.29, 0.717) is 20.8 Å². The molecule has 3 rings (SSSR count). The van der Waals surface area contributed by atoms with Crippen molar-refractivity contribution in [1.29, 1.82) is 0 Å². The summed E-state index contributed by atoms with van der Waals surface area (Å²) in [4.78, 5) is 19.6. The molecule has 0 unspecified atom stereocenters. The van der Waals surface area contributed by atoms with Gasteiger partial charge < -0.3 is 5.11 Å². The molecule has 0 saturated carbocycles. The van der Waals surface area contributed by atoms with Gasteiger partial charge in [-0.05, 0) is 11.6 Å². The van der Waals surface area contributed by atoms with Gasteiger partial charge in [0.25, 0.3) is 5.91 Å². The van der Waals surface area contributed by atoms with Crippen LogP contribution in [0, 0.1) is 0 Å². The third-order valence-corrected chi connectivity index (χ3v) is 5.34. The molecule has 1 N–H and O–H groups in total. The minimum absolute atomic E-state index is 0.0854. The minimum atomic E-state index is -0.0898. The minimum Gasteiger partial charge on any atom is -0.389 e. The number of benzene rings is 1. The van der Waals surface area contributed by atoms with Crippen LogP contribution in [0.2, 0.25) is 0 Å². The van der Waals surface area contributed by atoms with Crippen LogP contribution in [0.15, 0.2) is 41.4 Å². The predicted octanol–water partition coefficient (Wildman–Crippen LogP) is 3.04. The number of aliphatic hydroxyl groups excluding tert-OH is 1. The lowest BCUT2D eigenvalue weighted by Crippen LogP contribution is -2.27. The molecule has 0 radical (unpaired) electrons. The monoisotopic (exact) mass is 348 g/mol. The Morgan fingerprint density at radius 2 is 2.09 bits per heavy atom. The Morgan fingerprint density at radius 1 is 1.32 bits per heavy atom. The fourth-order valence-electron chi connectivity index (χ4n) is 2.00. The smallest absolute Gasteiger partial charge is 0.266 e. The van der Waals surface area contributed by atoms with E-state index < -0.39 is 0 Å². The molecule has 1 saturated heterocycles. The normalized spacial score (nSPS) is 16.8. The summed E-state index contributed by atoms with van der Waals surface area (Å²) >= 11 is 7.97. The lowest BCUT2D eigenvalue weighted by Gasteiger charge is -2.14. The number of carbonyl (C=O) groups is 1. The number of aliphatic hydroxyl groups is 1. The van der Waals surface area contributed by atoms with Crippen molar-refractivity contribution in [2.75, 3.05) is 0 Å². The number of rotatable bonds is 4. The van der Waals surface area contributed by atoms with E-state index in [1.165, 1.54) is 23.1 Å². The molecule has 22 heavy (non-hydrogen) atoms. The number of thioether (sulfide) groups is 1. The van der Waals surface area contributed by atoms with Crippen molar-refractivity contribution in [1.82, 2.24) is 9.88 Å². The molecule has 1 aliphatic heterocycles. The van der Waals surface area contributed by atoms with E-state index in [4.69, 9.17) is 17.3 Å². The maximum Gasteiger partial charge on any atom is 0.266 e. The van der Waals surface area contributed by atoms with Gasteiger partial charge in [-0.1, -0.05) is 54.3 Å². The van der Waals surface area contributed by atoms with E-state index in [1.54, 1.807) is 17.2 Å². The van der Waals surface area contributed by atoms with E-state index in [9.17, 15) is 4.79 Å². The molecule has 112 valence electrons. The van der Waals surface area contributed by atoms with Crippen LogP contribution < -0.4 is 0 Å². The highest BCUT2D eigenvalue weighted by molar-refractivity contribution is 8.26. The van der Waals surface area contributed by atoms with Crippen molar-refractivity contribution in [2.24, 2.45) is 0 Å².